The lowest BCUT2D eigenvalue weighted by Gasteiger charge is -2.10. The molecule has 1 unspecified atom stereocenters. The third-order valence-corrected chi connectivity index (χ3v) is 1.62. The molecule has 0 heterocycles. The lowest BCUT2D eigenvalue weighted by Crippen LogP contribution is -2.38. The molecule has 2 amide bonds. The quantitative estimate of drug-likeness (QED) is 0.458. The zero-order valence-corrected chi connectivity index (χ0v) is 8.50. The number of primary amides is 1. The van der Waals surface area contributed by atoms with E-state index in [0.29, 0.717) is 0 Å². The minimum atomic E-state index is -0.625. The van der Waals surface area contributed by atoms with Crippen LogP contribution in [0.2, 0.25) is 0 Å². The summed E-state index contributed by atoms with van der Waals surface area (Å²) in [6, 6.07) is 0.275. The van der Waals surface area contributed by atoms with Crippen LogP contribution in [0.4, 0.5) is 0 Å². The predicted octanol–water partition coefficient (Wildman–Crippen LogP) is -1.09. The Kier molecular flexibility index (Phi) is 6.69. The maximum Gasteiger partial charge on any atom is 0.257 e. The summed E-state index contributed by atoms with van der Waals surface area (Å²) in [6.45, 7) is 3.83. The van der Waals surface area contributed by atoms with Crippen LogP contribution in [0.25, 0.3) is 0 Å². The van der Waals surface area contributed by atoms with Gasteiger partial charge in [-0.3, -0.25) is 14.4 Å². The molecular weight excluding hydrogens is 186 g/mol. The summed E-state index contributed by atoms with van der Waals surface area (Å²) < 4.78 is 0. The molecule has 6 nitrogen and oxygen atoms in total. The van der Waals surface area contributed by atoms with Crippen LogP contribution in [0.1, 0.15) is 20.3 Å². The van der Waals surface area contributed by atoms with E-state index >= 15 is 0 Å². The minimum absolute atomic E-state index is 0.160. The molecule has 4 N–H and O–H groups in total. The van der Waals surface area contributed by atoms with Gasteiger partial charge in [-0.1, -0.05) is 6.92 Å². The number of carbonyl (C=O) groups excluding carboxylic acids is 2. The third kappa shape index (κ3) is 7.51. The van der Waals surface area contributed by atoms with Gasteiger partial charge in [-0.25, -0.2) is 5.48 Å². The Balaban J connectivity index is 3.41. The van der Waals surface area contributed by atoms with Crippen LogP contribution in [0.3, 0.4) is 0 Å². The van der Waals surface area contributed by atoms with Crippen molar-refractivity contribution in [3.63, 3.8) is 0 Å². The van der Waals surface area contributed by atoms with Crippen LogP contribution in [-0.4, -0.2) is 31.0 Å². The normalized spacial score (nSPS) is 12.1. The Labute approximate surface area is 83.1 Å². The van der Waals surface area contributed by atoms with Crippen molar-refractivity contribution < 1.29 is 14.4 Å². The Bertz CT molecular complexity index is 196. The molecule has 0 aliphatic carbocycles. The van der Waals surface area contributed by atoms with Crippen molar-refractivity contribution in [2.45, 2.75) is 26.3 Å². The second kappa shape index (κ2) is 7.28. The first-order valence-corrected chi connectivity index (χ1v) is 4.48. The summed E-state index contributed by atoms with van der Waals surface area (Å²) >= 11 is 0. The molecule has 0 rings (SSSR count). The topological polar surface area (TPSA) is 93.4 Å². The van der Waals surface area contributed by atoms with Gasteiger partial charge in [0.05, 0.1) is 6.54 Å². The monoisotopic (exact) mass is 203 g/mol. The van der Waals surface area contributed by atoms with Gasteiger partial charge in [-0.15, -0.1) is 0 Å². The van der Waals surface area contributed by atoms with Crippen LogP contribution in [0, 0.1) is 0 Å². The fourth-order valence-corrected chi connectivity index (χ4v) is 0.635. The van der Waals surface area contributed by atoms with Gasteiger partial charge < -0.3 is 11.1 Å². The number of nitrogens with one attached hydrogen (secondary N) is 2. The number of carbonyl (C=O) groups is 2. The highest BCUT2D eigenvalue weighted by Crippen LogP contribution is 1.85. The maximum atomic E-state index is 11.0. The molecule has 0 aromatic heterocycles. The summed E-state index contributed by atoms with van der Waals surface area (Å²) in [4.78, 5) is 25.7. The maximum absolute atomic E-state index is 11.0. The van der Waals surface area contributed by atoms with E-state index in [-0.39, 0.29) is 25.1 Å². The van der Waals surface area contributed by atoms with E-state index in [9.17, 15) is 9.59 Å². The standard InChI is InChI=1S/C8H17N3O3/c1-3-6(2)10-4-8(13)11-14-5-7(9)12/h6,10H,3-5H2,1-2H3,(H2,9,12)(H,11,13). The van der Waals surface area contributed by atoms with Gasteiger partial charge in [0.1, 0.15) is 0 Å². The molecule has 0 spiro atoms. The molecule has 1 atom stereocenters. The van der Waals surface area contributed by atoms with E-state index in [1.165, 1.54) is 0 Å². The van der Waals surface area contributed by atoms with Crippen LogP contribution < -0.4 is 16.5 Å². The predicted molar refractivity (Wildman–Crippen MR) is 51.0 cm³/mol. The fourth-order valence-electron chi connectivity index (χ4n) is 0.635. The molecule has 0 saturated carbocycles. The van der Waals surface area contributed by atoms with Crippen molar-refractivity contribution in [3.8, 4) is 0 Å². The smallest absolute Gasteiger partial charge is 0.257 e. The van der Waals surface area contributed by atoms with E-state index in [1.807, 2.05) is 13.8 Å². The highest BCUT2D eigenvalue weighted by atomic mass is 16.7. The van der Waals surface area contributed by atoms with Gasteiger partial charge in [-0.05, 0) is 13.3 Å². The van der Waals surface area contributed by atoms with Crippen molar-refractivity contribution in [3.05, 3.63) is 0 Å². The molecule has 0 aromatic rings. The number of hydrogen-bond donors (Lipinski definition) is 3. The van der Waals surface area contributed by atoms with E-state index in [4.69, 9.17) is 5.73 Å². The molecule has 0 bridgehead atoms. The molecule has 6 heteroatoms. The van der Waals surface area contributed by atoms with Gasteiger partial charge >= 0.3 is 0 Å². The van der Waals surface area contributed by atoms with Gasteiger partial charge in [0.25, 0.3) is 5.91 Å². The molecule has 0 aliphatic heterocycles. The highest BCUT2D eigenvalue weighted by molar-refractivity contribution is 5.78. The van der Waals surface area contributed by atoms with Gasteiger partial charge in [0, 0.05) is 6.04 Å². The number of hydrogen-bond acceptors (Lipinski definition) is 4. The van der Waals surface area contributed by atoms with E-state index < -0.39 is 5.91 Å². The van der Waals surface area contributed by atoms with Crippen molar-refractivity contribution in [2.24, 2.45) is 5.73 Å². The zero-order chi connectivity index (χ0) is 11.0. The van der Waals surface area contributed by atoms with Crippen molar-refractivity contribution >= 4 is 11.8 Å². The lowest BCUT2D eigenvalue weighted by atomic mass is 10.2. The molecule has 0 saturated heterocycles. The summed E-state index contributed by atoms with van der Waals surface area (Å²) in [6.07, 6.45) is 0.940. The summed E-state index contributed by atoms with van der Waals surface area (Å²) in [7, 11) is 0. The molecule has 14 heavy (non-hydrogen) atoms. The van der Waals surface area contributed by atoms with Crippen LogP contribution in [0.5, 0.6) is 0 Å². The Morgan fingerprint density at radius 3 is 2.64 bits per heavy atom. The minimum Gasteiger partial charge on any atom is -0.368 e. The SMILES string of the molecule is CCC(C)NCC(=O)NOCC(N)=O. The van der Waals surface area contributed by atoms with Crippen molar-refractivity contribution in [1.29, 1.82) is 0 Å². The second-order valence-corrected chi connectivity index (χ2v) is 2.97. The van der Waals surface area contributed by atoms with Crippen molar-refractivity contribution in [1.82, 2.24) is 10.8 Å². The first kappa shape index (κ1) is 12.9. The van der Waals surface area contributed by atoms with Gasteiger partial charge in [0.15, 0.2) is 6.61 Å². The summed E-state index contributed by atoms with van der Waals surface area (Å²) in [5.41, 5.74) is 6.88. The Morgan fingerprint density at radius 1 is 1.50 bits per heavy atom. The fraction of sp³-hybridized carbons (Fsp3) is 0.750. The molecule has 0 radical (unpaired) electrons. The number of amides is 2. The average Bonchev–Trinajstić information content (AvgIpc) is 2.13. The molecule has 0 fully saturated rings. The number of hydroxylamine groups is 1. The zero-order valence-electron chi connectivity index (χ0n) is 8.50. The third-order valence-electron chi connectivity index (χ3n) is 1.62. The van der Waals surface area contributed by atoms with E-state index in [2.05, 4.69) is 15.6 Å². The van der Waals surface area contributed by atoms with Gasteiger partial charge in [0.2, 0.25) is 5.91 Å². The first-order valence-electron chi connectivity index (χ1n) is 4.48. The van der Waals surface area contributed by atoms with Crippen LogP contribution in [-0.2, 0) is 14.4 Å². The number of rotatable bonds is 7. The van der Waals surface area contributed by atoms with E-state index in [0.717, 1.165) is 6.42 Å². The largest absolute Gasteiger partial charge is 0.368 e. The van der Waals surface area contributed by atoms with Crippen LogP contribution in [0.15, 0.2) is 0 Å². The molecular formula is C8H17N3O3. The Morgan fingerprint density at radius 2 is 2.14 bits per heavy atom. The highest BCUT2D eigenvalue weighted by Gasteiger charge is 2.03. The first-order chi connectivity index (χ1) is 6.56. The summed E-state index contributed by atoms with van der Waals surface area (Å²) in [5, 5.41) is 2.96. The lowest BCUT2D eigenvalue weighted by molar-refractivity contribution is -0.137. The average molecular weight is 203 g/mol. The second-order valence-electron chi connectivity index (χ2n) is 2.97. The molecule has 82 valence electrons. The number of nitrogens with two attached hydrogens (primary N) is 1. The van der Waals surface area contributed by atoms with Crippen LogP contribution >= 0.6 is 0 Å². The van der Waals surface area contributed by atoms with E-state index in [1.54, 1.807) is 0 Å². The Hall–Kier alpha value is -1.14. The molecule has 0 aromatic carbocycles. The van der Waals surface area contributed by atoms with Gasteiger partial charge in [-0.2, -0.15) is 0 Å². The molecule has 0 aliphatic rings. The van der Waals surface area contributed by atoms with Crippen molar-refractivity contribution in [2.75, 3.05) is 13.2 Å². The summed E-state index contributed by atoms with van der Waals surface area (Å²) in [5.74, 6) is -0.952.